The Kier molecular flexibility index (Phi) is 6.60. The number of amides is 2. The molecular formula is C23H29N3O2S. The van der Waals surface area contributed by atoms with Crippen molar-refractivity contribution in [1.29, 1.82) is 0 Å². The monoisotopic (exact) mass is 411 g/mol. The SMILES string of the molecule is O=C(NCCc1ccncc1)[C@H]1CCc2sc(C(=O)N3CCCCCC3)cc2C1. The van der Waals surface area contributed by atoms with E-state index in [0.717, 1.165) is 56.5 Å². The van der Waals surface area contributed by atoms with Gasteiger partial charge in [0.05, 0.1) is 4.88 Å². The molecule has 2 amide bonds. The third kappa shape index (κ3) is 5.04. The molecule has 6 heteroatoms. The molecule has 29 heavy (non-hydrogen) atoms. The van der Waals surface area contributed by atoms with Gasteiger partial charge in [0.15, 0.2) is 0 Å². The van der Waals surface area contributed by atoms with Crippen LogP contribution >= 0.6 is 11.3 Å². The van der Waals surface area contributed by atoms with E-state index in [4.69, 9.17) is 0 Å². The molecule has 0 unspecified atom stereocenters. The summed E-state index contributed by atoms with van der Waals surface area (Å²) in [5.74, 6) is 0.330. The number of carbonyl (C=O) groups is 2. The van der Waals surface area contributed by atoms with Gasteiger partial charge in [0, 0.05) is 42.8 Å². The summed E-state index contributed by atoms with van der Waals surface area (Å²) in [5, 5.41) is 3.09. The van der Waals surface area contributed by atoms with Gasteiger partial charge >= 0.3 is 0 Å². The molecule has 2 aromatic rings. The summed E-state index contributed by atoms with van der Waals surface area (Å²) in [6, 6.07) is 6.02. The van der Waals surface area contributed by atoms with Gasteiger partial charge < -0.3 is 10.2 Å². The highest BCUT2D eigenvalue weighted by molar-refractivity contribution is 7.14. The molecule has 2 aromatic heterocycles. The lowest BCUT2D eigenvalue weighted by molar-refractivity contribution is -0.125. The lowest BCUT2D eigenvalue weighted by atomic mass is 9.87. The number of nitrogens with zero attached hydrogens (tertiary/aromatic N) is 2. The second kappa shape index (κ2) is 9.53. The third-order valence-electron chi connectivity index (χ3n) is 6.02. The minimum Gasteiger partial charge on any atom is -0.356 e. The average Bonchev–Trinajstić information content (AvgIpc) is 2.99. The minimum atomic E-state index is 0.00989. The van der Waals surface area contributed by atoms with Crippen LogP contribution in [0.3, 0.4) is 0 Å². The fourth-order valence-electron chi connectivity index (χ4n) is 4.31. The van der Waals surface area contributed by atoms with Crippen molar-refractivity contribution in [2.45, 2.75) is 51.4 Å². The number of aromatic nitrogens is 1. The van der Waals surface area contributed by atoms with E-state index < -0.39 is 0 Å². The summed E-state index contributed by atoms with van der Waals surface area (Å²) in [6.07, 6.45) is 11.6. The molecule has 0 saturated carbocycles. The number of hydrogen-bond donors (Lipinski definition) is 1. The summed E-state index contributed by atoms with van der Waals surface area (Å²) >= 11 is 1.64. The fourth-order valence-corrected chi connectivity index (χ4v) is 5.48. The Labute approximate surface area is 176 Å². The maximum absolute atomic E-state index is 12.9. The number of pyridine rings is 1. The van der Waals surface area contributed by atoms with Crippen LogP contribution < -0.4 is 5.32 Å². The first-order valence-electron chi connectivity index (χ1n) is 10.8. The highest BCUT2D eigenvalue weighted by Gasteiger charge is 2.28. The number of likely N-dealkylation sites (tertiary alicyclic amines) is 1. The maximum Gasteiger partial charge on any atom is 0.263 e. The van der Waals surface area contributed by atoms with E-state index in [1.54, 1.807) is 23.7 Å². The van der Waals surface area contributed by atoms with E-state index in [1.165, 1.54) is 28.8 Å². The van der Waals surface area contributed by atoms with Crippen molar-refractivity contribution in [3.05, 3.63) is 51.5 Å². The van der Waals surface area contributed by atoms with Gasteiger partial charge in [0.1, 0.15) is 0 Å². The van der Waals surface area contributed by atoms with E-state index >= 15 is 0 Å². The van der Waals surface area contributed by atoms with Gasteiger partial charge in [0.2, 0.25) is 5.91 Å². The number of aryl methyl sites for hydroxylation is 1. The number of rotatable bonds is 5. The molecule has 1 aliphatic carbocycles. The molecular weight excluding hydrogens is 382 g/mol. The van der Waals surface area contributed by atoms with Crippen LogP contribution in [0.2, 0.25) is 0 Å². The van der Waals surface area contributed by atoms with E-state index in [1.807, 2.05) is 17.0 Å². The van der Waals surface area contributed by atoms with Gasteiger partial charge in [0.25, 0.3) is 5.91 Å². The molecule has 154 valence electrons. The average molecular weight is 412 g/mol. The van der Waals surface area contributed by atoms with Crippen molar-refractivity contribution in [2.24, 2.45) is 5.92 Å². The van der Waals surface area contributed by atoms with E-state index in [2.05, 4.69) is 16.4 Å². The first-order valence-corrected chi connectivity index (χ1v) is 11.6. The molecule has 2 aliphatic rings. The number of thiophene rings is 1. The van der Waals surface area contributed by atoms with Gasteiger partial charge in [-0.2, -0.15) is 0 Å². The zero-order valence-electron chi connectivity index (χ0n) is 16.9. The smallest absolute Gasteiger partial charge is 0.263 e. The third-order valence-corrected chi connectivity index (χ3v) is 7.25. The lowest BCUT2D eigenvalue weighted by Crippen LogP contribution is -2.34. The van der Waals surface area contributed by atoms with Crippen molar-refractivity contribution < 1.29 is 9.59 Å². The fraction of sp³-hybridized carbons (Fsp3) is 0.522. The summed E-state index contributed by atoms with van der Waals surface area (Å²) in [6.45, 7) is 2.41. The van der Waals surface area contributed by atoms with Crippen LogP contribution in [0, 0.1) is 5.92 Å². The van der Waals surface area contributed by atoms with Gasteiger partial charge in [-0.1, -0.05) is 12.8 Å². The minimum absolute atomic E-state index is 0.00989. The van der Waals surface area contributed by atoms with Crippen molar-refractivity contribution in [2.75, 3.05) is 19.6 Å². The van der Waals surface area contributed by atoms with Crippen LogP contribution in [0.25, 0.3) is 0 Å². The molecule has 1 saturated heterocycles. The Balaban J connectivity index is 1.32. The maximum atomic E-state index is 12.9. The zero-order valence-corrected chi connectivity index (χ0v) is 17.7. The predicted octanol–water partition coefficient (Wildman–Crippen LogP) is 3.62. The number of nitrogens with one attached hydrogen (secondary N) is 1. The predicted molar refractivity (Wildman–Crippen MR) is 115 cm³/mol. The number of carbonyl (C=O) groups excluding carboxylic acids is 2. The summed E-state index contributed by atoms with van der Waals surface area (Å²) < 4.78 is 0. The van der Waals surface area contributed by atoms with Crippen molar-refractivity contribution >= 4 is 23.2 Å². The first-order chi connectivity index (χ1) is 14.2. The van der Waals surface area contributed by atoms with Gasteiger partial charge in [-0.25, -0.2) is 0 Å². The summed E-state index contributed by atoms with van der Waals surface area (Å²) in [7, 11) is 0. The molecule has 3 heterocycles. The molecule has 1 aliphatic heterocycles. The topological polar surface area (TPSA) is 62.3 Å². The second-order valence-electron chi connectivity index (χ2n) is 8.10. The quantitative estimate of drug-likeness (QED) is 0.817. The molecule has 1 atom stereocenters. The van der Waals surface area contributed by atoms with Crippen LogP contribution in [-0.4, -0.2) is 41.3 Å². The van der Waals surface area contributed by atoms with Gasteiger partial charge in [-0.05, 0) is 67.9 Å². The van der Waals surface area contributed by atoms with E-state index in [0.29, 0.717) is 6.54 Å². The molecule has 1 N–H and O–H groups in total. The Morgan fingerprint density at radius 1 is 1.14 bits per heavy atom. The van der Waals surface area contributed by atoms with E-state index in [9.17, 15) is 9.59 Å². The summed E-state index contributed by atoms with van der Waals surface area (Å²) in [5.41, 5.74) is 2.38. The molecule has 0 radical (unpaired) electrons. The molecule has 5 nitrogen and oxygen atoms in total. The molecule has 1 fully saturated rings. The molecule has 0 aromatic carbocycles. The standard InChI is InChI=1S/C23H29N3O2S/c27-22(25-12-9-17-7-10-24-11-8-17)18-5-6-20-19(15-18)16-21(29-20)23(28)26-13-3-1-2-4-14-26/h7-8,10-11,16,18H,1-6,9,12-15H2,(H,25,27)/t18-/m0/s1. The Morgan fingerprint density at radius 3 is 2.66 bits per heavy atom. The highest BCUT2D eigenvalue weighted by atomic mass is 32.1. The summed E-state index contributed by atoms with van der Waals surface area (Å²) in [4.78, 5) is 33.7. The van der Waals surface area contributed by atoms with Crippen LogP contribution in [0.1, 0.15) is 57.8 Å². The van der Waals surface area contributed by atoms with Gasteiger partial charge in [-0.3, -0.25) is 14.6 Å². The second-order valence-corrected chi connectivity index (χ2v) is 9.24. The first kappa shape index (κ1) is 20.1. The molecule has 0 bridgehead atoms. The highest BCUT2D eigenvalue weighted by Crippen LogP contribution is 2.33. The van der Waals surface area contributed by atoms with E-state index in [-0.39, 0.29) is 17.7 Å². The lowest BCUT2D eigenvalue weighted by Gasteiger charge is -2.21. The molecule has 4 rings (SSSR count). The van der Waals surface area contributed by atoms with Crippen LogP contribution in [0.5, 0.6) is 0 Å². The van der Waals surface area contributed by atoms with Crippen LogP contribution in [-0.2, 0) is 24.1 Å². The zero-order chi connectivity index (χ0) is 20.1. The largest absolute Gasteiger partial charge is 0.356 e. The Hall–Kier alpha value is -2.21. The molecule has 0 spiro atoms. The number of hydrogen-bond acceptors (Lipinski definition) is 4. The van der Waals surface area contributed by atoms with Crippen molar-refractivity contribution in [3.63, 3.8) is 0 Å². The Morgan fingerprint density at radius 2 is 1.90 bits per heavy atom. The van der Waals surface area contributed by atoms with Crippen LogP contribution in [0.15, 0.2) is 30.6 Å². The van der Waals surface area contributed by atoms with Gasteiger partial charge in [-0.15, -0.1) is 11.3 Å². The normalized spacial score (nSPS) is 19.3. The number of fused-ring (bicyclic) bond motifs is 1. The van der Waals surface area contributed by atoms with Crippen molar-refractivity contribution in [1.82, 2.24) is 15.2 Å². The Bertz CT molecular complexity index is 841. The van der Waals surface area contributed by atoms with Crippen LogP contribution in [0.4, 0.5) is 0 Å². The van der Waals surface area contributed by atoms with Crippen molar-refractivity contribution in [3.8, 4) is 0 Å².